The van der Waals surface area contributed by atoms with Gasteiger partial charge in [0.15, 0.2) is 0 Å². The van der Waals surface area contributed by atoms with Gasteiger partial charge in [0.2, 0.25) is 16.0 Å². The van der Waals surface area contributed by atoms with E-state index in [9.17, 15) is 27.8 Å². The molecule has 0 bridgehead atoms. The molecule has 0 fully saturated rings. The number of aliphatic hydroxyl groups excluding tert-OH is 2. The first-order chi connectivity index (χ1) is 14.9. The summed E-state index contributed by atoms with van der Waals surface area (Å²) in [5.74, 6) is -1.96. The molecule has 9 nitrogen and oxygen atoms in total. The van der Waals surface area contributed by atoms with E-state index < -0.39 is 40.4 Å². The molecular weight excluding hydrogens is 441 g/mol. The zero-order chi connectivity index (χ0) is 24.1. The summed E-state index contributed by atoms with van der Waals surface area (Å²) in [5.41, 5.74) is 1.74. The van der Waals surface area contributed by atoms with Crippen molar-refractivity contribution in [3.8, 4) is 11.3 Å². The van der Waals surface area contributed by atoms with Crippen LogP contribution < -0.4 is 4.72 Å². The topological polar surface area (TPSA) is 150 Å². The second-order valence-electron chi connectivity index (χ2n) is 7.64. The minimum Gasteiger partial charge on any atom is -0.481 e. The zero-order valence-electron chi connectivity index (χ0n) is 17.9. The lowest BCUT2D eigenvalue weighted by atomic mass is 9.97. The Bertz CT molecular complexity index is 1090. The minimum absolute atomic E-state index is 0.148. The number of nitrogens with one attached hydrogen (secondary N) is 1. The Morgan fingerprint density at radius 1 is 1.19 bits per heavy atom. The van der Waals surface area contributed by atoms with Crippen molar-refractivity contribution >= 4 is 28.0 Å². The summed E-state index contributed by atoms with van der Waals surface area (Å²) in [7, 11) is -3.66. The van der Waals surface area contributed by atoms with Crippen molar-refractivity contribution in [3.63, 3.8) is 0 Å². The molecule has 0 saturated carbocycles. The highest BCUT2D eigenvalue weighted by Gasteiger charge is 2.19. The van der Waals surface area contributed by atoms with E-state index in [-0.39, 0.29) is 18.3 Å². The maximum Gasteiger partial charge on any atom is 0.305 e. The van der Waals surface area contributed by atoms with Gasteiger partial charge in [0.1, 0.15) is 5.82 Å². The summed E-state index contributed by atoms with van der Waals surface area (Å²) >= 11 is 0. The van der Waals surface area contributed by atoms with Crippen LogP contribution >= 0.6 is 0 Å². The predicted molar refractivity (Wildman–Crippen MR) is 118 cm³/mol. The lowest BCUT2D eigenvalue weighted by Crippen LogP contribution is -2.19. The Balaban J connectivity index is 2.55. The van der Waals surface area contributed by atoms with Crippen LogP contribution in [0.4, 0.5) is 10.3 Å². The van der Waals surface area contributed by atoms with Crippen molar-refractivity contribution in [2.75, 3.05) is 11.0 Å². The molecule has 1 aromatic carbocycles. The molecule has 2 aromatic rings. The Morgan fingerprint density at radius 3 is 2.34 bits per heavy atom. The number of carbonyl (C=O) groups is 1. The fourth-order valence-electron chi connectivity index (χ4n) is 2.98. The first-order valence-electron chi connectivity index (χ1n) is 9.77. The third-order valence-corrected chi connectivity index (χ3v) is 4.88. The normalized spacial score (nSPS) is 14.0. The third-order valence-electron chi connectivity index (χ3n) is 4.33. The van der Waals surface area contributed by atoms with Gasteiger partial charge in [-0.3, -0.25) is 9.52 Å². The van der Waals surface area contributed by atoms with Crippen LogP contribution in [0.2, 0.25) is 0 Å². The molecule has 0 aliphatic carbocycles. The number of halogens is 1. The first-order valence-corrected chi connectivity index (χ1v) is 11.7. The minimum atomic E-state index is -3.66. The number of benzene rings is 1. The second-order valence-corrected chi connectivity index (χ2v) is 9.39. The van der Waals surface area contributed by atoms with Crippen LogP contribution in [-0.4, -0.2) is 58.1 Å². The molecule has 0 radical (unpaired) electrons. The van der Waals surface area contributed by atoms with Crippen molar-refractivity contribution in [2.24, 2.45) is 0 Å². The highest BCUT2D eigenvalue weighted by atomic mass is 32.2. The number of anilines is 1. The van der Waals surface area contributed by atoms with Crippen LogP contribution in [0.15, 0.2) is 30.3 Å². The number of hydrogen-bond acceptors (Lipinski definition) is 7. The predicted octanol–water partition coefficient (Wildman–Crippen LogP) is 2.38. The van der Waals surface area contributed by atoms with E-state index >= 15 is 0 Å². The van der Waals surface area contributed by atoms with Gasteiger partial charge in [-0.1, -0.05) is 26.0 Å². The van der Waals surface area contributed by atoms with Gasteiger partial charge >= 0.3 is 5.97 Å². The molecule has 1 aromatic heterocycles. The van der Waals surface area contributed by atoms with Crippen molar-refractivity contribution in [2.45, 2.75) is 44.8 Å². The van der Waals surface area contributed by atoms with Crippen molar-refractivity contribution in [1.82, 2.24) is 9.97 Å². The monoisotopic (exact) mass is 467 g/mol. The summed E-state index contributed by atoms with van der Waals surface area (Å²) in [6.07, 6.45) is 0.779. The molecule has 174 valence electrons. The molecule has 4 N–H and O–H groups in total. The van der Waals surface area contributed by atoms with Crippen LogP contribution in [0.1, 0.15) is 43.9 Å². The van der Waals surface area contributed by atoms with Gasteiger partial charge in [0, 0.05) is 17.5 Å². The summed E-state index contributed by atoms with van der Waals surface area (Å²) in [4.78, 5) is 19.3. The Hall–Kier alpha value is -2.89. The molecule has 0 amide bonds. The number of rotatable bonds is 10. The van der Waals surface area contributed by atoms with Crippen LogP contribution in [0.5, 0.6) is 0 Å². The van der Waals surface area contributed by atoms with Crippen LogP contribution in [0.25, 0.3) is 17.3 Å². The fraction of sp³-hybridized carbons (Fsp3) is 0.381. The highest BCUT2D eigenvalue weighted by Crippen LogP contribution is 2.30. The molecule has 0 aliphatic heterocycles. The number of nitrogens with zero attached hydrogens (tertiary/aromatic N) is 2. The van der Waals surface area contributed by atoms with E-state index in [1.165, 1.54) is 36.4 Å². The average Bonchev–Trinajstić information content (AvgIpc) is 2.64. The summed E-state index contributed by atoms with van der Waals surface area (Å²) in [5, 5.41) is 28.7. The lowest BCUT2D eigenvalue weighted by molar-refractivity contribution is -0.139. The Labute approximate surface area is 185 Å². The molecule has 2 atom stereocenters. The van der Waals surface area contributed by atoms with E-state index in [4.69, 9.17) is 5.11 Å². The van der Waals surface area contributed by atoms with Crippen LogP contribution in [-0.2, 0) is 14.8 Å². The molecule has 0 spiro atoms. The van der Waals surface area contributed by atoms with Gasteiger partial charge in [-0.15, -0.1) is 0 Å². The molecule has 0 unspecified atom stereocenters. The van der Waals surface area contributed by atoms with Gasteiger partial charge in [-0.05, 0) is 30.2 Å². The van der Waals surface area contributed by atoms with Crippen molar-refractivity contribution in [1.29, 1.82) is 0 Å². The molecule has 0 saturated heterocycles. The summed E-state index contributed by atoms with van der Waals surface area (Å²) in [6, 6.07) is 5.44. The van der Waals surface area contributed by atoms with E-state index in [0.29, 0.717) is 22.5 Å². The largest absolute Gasteiger partial charge is 0.481 e. The average molecular weight is 468 g/mol. The number of sulfonamides is 1. The second kappa shape index (κ2) is 10.6. The van der Waals surface area contributed by atoms with Gasteiger partial charge < -0.3 is 15.3 Å². The number of aliphatic carboxylic acids is 1. The van der Waals surface area contributed by atoms with Gasteiger partial charge in [-0.25, -0.2) is 22.8 Å². The molecule has 1 heterocycles. The molecule has 32 heavy (non-hydrogen) atoms. The number of aliphatic hydroxyl groups is 2. The van der Waals surface area contributed by atoms with Gasteiger partial charge in [0.25, 0.3) is 0 Å². The maximum atomic E-state index is 13.4. The smallest absolute Gasteiger partial charge is 0.305 e. The standard InChI is InChI=1S/C21H26FN3O6S/c1-12(2)19-17(9-8-15(26)10-16(27)11-18(28)29)20(13-4-6-14(22)7-5-13)24-21(23-19)25-32(3,30)31/h4-9,12,15-16,26-27H,10-11H2,1-3H3,(H,28,29)(H,23,24,25)/t15-,16-/m1/s1. The van der Waals surface area contributed by atoms with Crippen molar-refractivity contribution < 1.29 is 32.9 Å². The van der Waals surface area contributed by atoms with Gasteiger partial charge in [-0.2, -0.15) is 0 Å². The zero-order valence-corrected chi connectivity index (χ0v) is 18.7. The van der Waals surface area contributed by atoms with E-state index in [2.05, 4.69) is 14.7 Å². The van der Waals surface area contributed by atoms with E-state index in [0.717, 1.165) is 6.26 Å². The molecule has 2 rings (SSSR count). The maximum absolute atomic E-state index is 13.4. The first kappa shape index (κ1) is 25.4. The SMILES string of the molecule is CC(C)c1nc(NS(C)(=O)=O)nc(-c2ccc(F)cc2)c1C=C[C@@H](O)C[C@@H](O)CC(=O)O. The van der Waals surface area contributed by atoms with E-state index in [1.54, 1.807) is 0 Å². The summed E-state index contributed by atoms with van der Waals surface area (Å²) in [6.45, 7) is 3.68. The number of aromatic nitrogens is 2. The van der Waals surface area contributed by atoms with Crippen LogP contribution in [0.3, 0.4) is 0 Å². The van der Waals surface area contributed by atoms with Crippen LogP contribution in [0, 0.1) is 5.82 Å². The van der Waals surface area contributed by atoms with E-state index in [1.807, 2.05) is 13.8 Å². The quantitative estimate of drug-likeness (QED) is 0.416. The Morgan fingerprint density at radius 2 is 1.81 bits per heavy atom. The molecule has 11 heteroatoms. The number of carboxylic acids is 1. The fourth-order valence-corrected chi connectivity index (χ4v) is 3.40. The highest BCUT2D eigenvalue weighted by molar-refractivity contribution is 7.91. The summed E-state index contributed by atoms with van der Waals surface area (Å²) < 4.78 is 39.1. The van der Waals surface area contributed by atoms with Crippen molar-refractivity contribution in [3.05, 3.63) is 47.4 Å². The third kappa shape index (κ3) is 7.66. The molecule has 0 aliphatic rings. The number of hydrogen-bond donors (Lipinski definition) is 4. The van der Waals surface area contributed by atoms with Gasteiger partial charge in [0.05, 0.1) is 36.3 Å². The Kier molecular flexibility index (Phi) is 8.42. The lowest BCUT2D eigenvalue weighted by Gasteiger charge is -2.17. The molecular formula is C21H26FN3O6S. The number of carboxylic acid groups (broad SMARTS) is 1.